The minimum absolute atomic E-state index is 0.695. The fraction of sp³-hybridized carbons (Fsp3) is 0.319. The quantitative estimate of drug-likeness (QED) is 0.0939. The number of hydrogen-bond donors (Lipinski definition) is 1. The van der Waals surface area contributed by atoms with Crippen molar-refractivity contribution in [2.75, 3.05) is 13.1 Å². The molecule has 2 aromatic carbocycles. The van der Waals surface area contributed by atoms with Gasteiger partial charge in [-0.2, -0.15) is 0 Å². The number of aryl methyl sites for hydroxylation is 2. The zero-order chi connectivity index (χ0) is 37.6. The predicted molar refractivity (Wildman–Crippen MR) is 228 cm³/mol. The molecule has 0 aliphatic heterocycles. The summed E-state index contributed by atoms with van der Waals surface area (Å²) in [5.41, 5.74) is 17.0. The topological polar surface area (TPSA) is 90.7 Å². The highest BCUT2D eigenvalue weighted by Crippen LogP contribution is 2.38. The number of nitrogens with zero attached hydrogens (tertiary/aromatic N) is 7. The van der Waals surface area contributed by atoms with Gasteiger partial charge in [-0.15, -0.1) is 0 Å². The minimum atomic E-state index is 0.695. The summed E-state index contributed by atoms with van der Waals surface area (Å²) in [7, 11) is 0. The molecule has 55 heavy (non-hydrogen) atoms. The van der Waals surface area contributed by atoms with E-state index in [1.807, 2.05) is 36.9 Å². The summed E-state index contributed by atoms with van der Waals surface area (Å²) in [4.78, 5) is 22.6. The van der Waals surface area contributed by atoms with Gasteiger partial charge in [-0.1, -0.05) is 69.5 Å². The van der Waals surface area contributed by atoms with Crippen LogP contribution in [-0.2, 0) is 26.2 Å². The van der Waals surface area contributed by atoms with Crippen LogP contribution in [0, 0.1) is 0 Å². The monoisotopic (exact) mass is 728 g/mol. The molecule has 6 heterocycles. The highest BCUT2D eigenvalue weighted by molar-refractivity contribution is 6.13. The summed E-state index contributed by atoms with van der Waals surface area (Å²) in [5.74, 6) is 0. The minimum Gasteiger partial charge on any atom is -0.339 e. The summed E-state index contributed by atoms with van der Waals surface area (Å²) in [6.07, 6.45) is 15.2. The fourth-order valence-electron chi connectivity index (χ4n) is 8.25. The van der Waals surface area contributed by atoms with Gasteiger partial charge < -0.3 is 14.9 Å². The van der Waals surface area contributed by atoms with E-state index in [9.17, 15) is 0 Å². The van der Waals surface area contributed by atoms with Crippen LogP contribution in [0.4, 0.5) is 0 Å². The molecule has 0 unspecified atom stereocenters. The van der Waals surface area contributed by atoms with Crippen LogP contribution in [0.2, 0.25) is 0 Å². The van der Waals surface area contributed by atoms with Gasteiger partial charge in [0, 0.05) is 94.7 Å². The number of nitrogens with two attached hydrogens (primary N) is 1. The normalized spacial score (nSPS) is 11.9. The molecule has 8 heteroatoms. The van der Waals surface area contributed by atoms with E-state index >= 15 is 0 Å². The highest BCUT2D eigenvalue weighted by atomic mass is 15.1. The lowest BCUT2D eigenvalue weighted by molar-refractivity contribution is 0.245. The second-order valence-corrected chi connectivity index (χ2v) is 14.8. The maximum atomic E-state index is 5.95. The summed E-state index contributed by atoms with van der Waals surface area (Å²) >= 11 is 0. The van der Waals surface area contributed by atoms with Crippen molar-refractivity contribution in [2.24, 2.45) is 5.73 Å². The maximum Gasteiger partial charge on any atom is 0.0964 e. The van der Waals surface area contributed by atoms with Gasteiger partial charge in [0.05, 0.1) is 33.8 Å². The van der Waals surface area contributed by atoms with Gasteiger partial charge >= 0.3 is 0 Å². The van der Waals surface area contributed by atoms with E-state index in [2.05, 4.69) is 111 Å². The summed E-state index contributed by atoms with van der Waals surface area (Å²) < 4.78 is 4.96. The van der Waals surface area contributed by atoms with Crippen LogP contribution < -0.4 is 5.73 Å². The molecule has 0 saturated heterocycles. The molecule has 0 aliphatic rings. The second kappa shape index (κ2) is 16.9. The Morgan fingerprint density at radius 3 is 1.53 bits per heavy atom. The SMILES string of the molecule is CCCCn1c2ccccc2c2cc(CN(CCCCCN)Cc3cc4c5ccccc5n(CCCC)c4c(-c4cccnc4)n3)nc(-c3cccnc3)c21. The third-order valence-corrected chi connectivity index (χ3v) is 10.9. The Morgan fingerprint density at radius 2 is 1.07 bits per heavy atom. The van der Waals surface area contributed by atoms with Crippen LogP contribution in [0.3, 0.4) is 0 Å². The Balaban J connectivity index is 1.26. The van der Waals surface area contributed by atoms with E-state index in [-0.39, 0.29) is 0 Å². The summed E-state index contributed by atoms with van der Waals surface area (Å²) in [6.45, 7) is 9.43. The van der Waals surface area contributed by atoms with Gasteiger partial charge in [0.15, 0.2) is 0 Å². The molecule has 2 N–H and O–H groups in total. The molecule has 0 fully saturated rings. The van der Waals surface area contributed by atoms with Crippen molar-refractivity contribution in [2.45, 2.75) is 85.0 Å². The Hall–Kier alpha value is -5.44. The molecule has 8 rings (SSSR count). The molecule has 0 radical (unpaired) electrons. The first kappa shape index (κ1) is 36.5. The standard InChI is InChI=1S/C47H52N8/c1-3-5-26-54-42-20-10-8-18-38(42)40-28-36(51-44(46(40)54)34-16-14-23-49-30-34)32-53(25-13-7-12-22-48)33-37-29-41-39-19-9-11-21-43(39)55(27-6-4-2)47(41)45(52-37)35-17-15-24-50-31-35/h8-11,14-21,23-24,28-31H,3-7,12-13,22,25-27,32-33,48H2,1-2H3. The summed E-state index contributed by atoms with van der Waals surface area (Å²) in [6, 6.07) is 30.6. The van der Waals surface area contributed by atoms with Crippen molar-refractivity contribution in [3.05, 3.63) is 121 Å². The molecular weight excluding hydrogens is 677 g/mol. The molecule has 0 bridgehead atoms. The summed E-state index contributed by atoms with van der Waals surface area (Å²) in [5, 5.41) is 5.03. The van der Waals surface area contributed by atoms with Crippen LogP contribution >= 0.6 is 0 Å². The largest absolute Gasteiger partial charge is 0.339 e. The van der Waals surface area contributed by atoms with Crippen molar-refractivity contribution in [3.8, 4) is 22.5 Å². The van der Waals surface area contributed by atoms with Crippen molar-refractivity contribution < 1.29 is 0 Å². The Bertz CT molecular complexity index is 2350. The zero-order valence-corrected chi connectivity index (χ0v) is 32.3. The highest BCUT2D eigenvalue weighted by Gasteiger charge is 2.22. The molecule has 280 valence electrons. The average molecular weight is 729 g/mol. The number of pyridine rings is 4. The molecular formula is C47H52N8. The third-order valence-electron chi connectivity index (χ3n) is 10.9. The van der Waals surface area contributed by atoms with Crippen LogP contribution in [-0.4, -0.2) is 47.1 Å². The van der Waals surface area contributed by atoms with E-state index < -0.39 is 0 Å². The van der Waals surface area contributed by atoms with E-state index in [1.165, 1.54) is 43.6 Å². The van der Waals surface area contributed by atoms with Crippen LogP contribution in [0.25, 0.3) is 66.1 Å². The van der Waals surface area contributed by atoms with E-state index in [0.29, 0.717) is 19.6 Å². The first-order valence-corrected chi connectivity index (χ1v) is 20.2. The first-order valence-electron chi connectivity index (χ1n) is 20.2. The van der Waals surface area contributed by atoms with Crippen molar-refractivity contribution in [3.63, 3.8) is 0 Å². The number of hydrogen-bond acceptors (Lipinski definition) is 6. The van der Waals surface area contributed by atoms with Crippen LogP contribution in [0.1, 0.15) is 70.2 Å². The molecule has 6 aromatic heterocycles. The molecule has 0 aliphatic carbocycles. The third kappa shape index (κ3) is 7.49. The van der Waals surface area contributed by atoms with Gasteiger partial charge in [0.25, 0.3) is 0 Å². The molecule has 0 spiro atoms. The molecule has 8 aromatic rings. The van der Waals surface area contributed by atoms with E-state index in [0.717, 1.165) is 98.5 Å². The van der Waals surface area contributed by atoms with Gasteiger partial charge in [0.1, 0.15) is 0 Å². The average Bonchev–Trinajstić information content (AvgIpc) is 3.72. The molecule has 0 atom stereocenters. The second-order valence-electron chi connectivity index (χ2n) is 14.8. The first-order chi connectivity index (χ1) is 27.2. The molecule has 0 amide bonds. The zero-order valence-electron chi connectivity index (χ0n) is 32.3. The van der Waals surface area contributed by atoms with Gasteiger partial charge in [0.2, 0.25) is 0 Å². The Kier molecular flexibility index (Phi) is 11.2. The lowest BCUT2D eigenvalue weighted by atomic mass is 10.1. The maximum absolute atomic E-state index is 5.95. The number of fused-ring (bicyclic) bond motifs is 6. The van der Waals surface area contributed by atoms with E-state index in [1.54, 1.807) is 0 Å². The van der Waals surface area contributed by atoms with Gasteiger partial charge in [-0.05, 0) is 87.3 Å². The smallest absolute Gasteiger partial charge is 0.0964 e. The predicted octanol–water partition coefficient (Wildman–Crippen LogP) is 10.5. The number of benzene rings is 2. The van der Waals surface area contributed by atoms with Crippen molar-refractivity contribution >= 4 is 43.6 Å². The molecule has 8 nitrogen and oxygen atoms in total. The van der Waals surface area contributed by atoms with Crippen molar-refractivity contribution in [1.82, 2.24) is 34.0 Å². The number of unbranched alkanes of at least 4 members (excludes halogenated alkanes) is 4. The van der Waals surface area contributed by atoms with Gasteiger partial charge in [-0.25, -0.2) is 9.97 Å². The lowest BCUT2D eigenvalue weighted by Gasteiger charge is -2.23. The lowest BCUT2D eigenvalue weighted by Crippen LogP contribution is -2.25. The number of para-hydroxylation sites is 2. The fourth-order valence-corrected chi connectivity index (χ4v) is 8.25. The van der Waals surface area contributed by atoms with Crippen LogP contribution in [0.5, 0.6) is 0 Å². The molecule has 0 saturated carbocycles. The van der Waals surface area contributed by atoms with Crippen LogP contribution in [0.15, 0.2) is 110 Å². The van der Waals surface area contributed by atoms with Gasteiger partial charge in [-0.3, -0.25) is 14.9 Å². The van der Waals surface area contributed by atoms with E-state index in [4.69, 9.17) is 15.7 Å². The number of aromatic nitrogens is 6. The number of rotatable bonds is 17. The Morgan fingerprint density at radius 1 is 0.564 bits per heavy atom. The van der Waals surface area contributed by atoms with Crippen molar-refractivity contribution in [1.29, 1.82) is 0 Å². The Labute approximate surface area is 324 Å².